The first-order valence-electron chi connectivity index (χ1n) is 15.3. The molecule has 0 N–H and O–H groups in total. The molecule has 212 valence electrons. The Bertz CT molecular complexity index is 2620. The van der Waals surface area contributed by atoms with Gasteiger partial charge in [-0.25, -0.2) is 0 Å². The molecule has 0 saturated carbocycles. The number of fused-ring (bicyclic) bond motifs is 9. The maximum absolute atomic E-state index is 2.51. The number of nitrogens with zero attached hydrogens (tertiary/aromatic N) is 2. The Labute approximate surface area is 271 Å². The molecule has 9 aromatic rings. The van der Waals surface area contributed by atoms with Crippen molar-refractivity contribution in [3.63, 3.8) is 0 Å². The Morgan fingerprint density at radius 1 is 0.378 bits per heavy atom. The standard InChI is InChI=1S/C42H26IN2/c1-2-11-29(12-3-1)44-37-18-8-5-14-31(37)34-25-27(21-23-39(34)44)28-22-24-40-35(26-28)32-15-6-9-19-38(32)45(40)41-20-10-16-33-30-13-4-7-17-36(30)43-42(33)41/h1-26H/q-1. The normalized spacial score (nSPS) is 12.5. The van der Waals surface area contributed by atoms with Crippen LogP contribution < -0.4 is 21.2 Å². The van der Waals surface area contributed by atoms with Crippen LogP contribution in [0.25, 0.3) is 77.2 Å². The van der Waals surface area contributed by atoms with Gasteiger partial charge >= 0.3 is 218 Å². The van der Waals surface area contributed by atoms with E-state index >= 15 is 0 Å². The number of halogens is 1. The second kappa shape index (κ2) is 9.68. The van der Waals surface area contributed by atoms with Crippen LogP contribution in [0.5, 0.6) is 0 Å². The number of benzene rings is 7. The summed E-state index contributed by atoms with van der Waals surface area (Å²) in [6, 6.07) is 58.1. The Morgan fingerprint density at radius 2 is 0.933 bits per heavy atom. The average molecular weight is 686 g/mol. The van der Waals surface area contributed by atoms with Crippen LogP contribution in [0.2, 0.25) is 0 Å². The van der Waals surface area contributed by atoms with Crippen LogP contribution in [-0.4, -0.2) is 9.13 Å². The van der Waals surface area contributed by atoms with E-state index in [-0.39, 0.29) is 21.2 Å². The predicted octanol–water partition coefficient (Wildman–Crippen LogP) is 7.66. The van der Waals surface area contributed by atoms with E-state index in [4.69, 9.17) is 0 Å². The smallest absolute Gasteiger partial charge is 0.0380 e. The van der Waals surface area contributed by atoms with Crippen molar-refractivity contribution < 1.29 is 21.2 Å². The summed E-state index contributed by atoms with van der Waals surface area (Å²) in [4.78, 5) is 0. The minimum absolute atomic E-state index is 0.252. The maximum atomic E-state index is 2.51. The third-order valence-electron chi connectivity index (χ3n) is 9.27. The zero-order valence-electron chi connectivity index (χ0n) is 24.3. The third-order valence-corrected chi connectivity index (χ3v) is 12.5. The van der Waals surface area contributed by atoms with Crippen molar-refractivity contribution in [2.75, 3.05) is 0 Å². The van der Waals surface area contributed by atoms with Gasteiger partial charge in [0.25, 0.3) is 0 Å². The molecule has 3 heteroatoms. The Kier molecular flexibility index (Phi) is 5.43. The third kappa shape index (κ3) is 3.68. The topological polar surface area (TPSA) is 9.86 Å². The Balaban J connectivity index is 1.18. The molecule has 10 rings (SSSR count). The van der Waals surface area contributed by atoms with Gasteiger partial charge in [-0.2, -0.15) is 0 Å². The molecule has 0 fully saturated rings. The molecule has 0 saturated heterocycles. The van der Waals surface area contributed by atoms with Gasteiger partial charge in [-0.05, 0) is 18.2 Å². The molecule has 1 aliphatic rings. The molecule has 0 spiro atoms. The predicted molar refractivity (Wildman–Crippen MR) is 183 cm³/mol. The van der Waals surface area contributed by atoms with Crippen molar-refractivity contribution in [3.05, 3.63) is 165 Å². The molecule has 0 bridgehead atoms. The fourth-order valence-corrected chi connectivity index (χ4v) is 10.5. The molecule has 0 atom stereocenters. The van der Waals surface area contributed by atoms with Crippen molar-refractivity contribution >= 4 is 43.6 Å². The largest absolute Gasteiger partial charge is 0.0602 e. The van der Waals surface area contributed by atoms with Crippen LogP contribution in [-0.2, 0) is 0 Å². The summed E-state index contributed by atoms with van der Waals surface area (Å²) in [6.45, 7) is 0. The summed E-state index contributed by atoms with van der Waals surface area (Å²) >= 11 is -0.252. The van der Waals surface area contributed by atoms with Crippen molar-refractivity contribution in [3.8, 4) is 33.6 Å². The number of hydrogen-bond acceptors (Lipinski definition) is 0. The molecule has 2 nitrogen and oxygen atoms in total. The molecule has 1 aliphatic heterocycles. The number of hydrogen-bond donors (Lipinski definition) is 0. The van der Waals surface area contributed by atoms with Gasteiger partial charge in [-0.1, -0.05) is 30.3 Å². The van der Waals surface area contributed by atoms with Gasteiger partial charge in [-0.15, -0.1) is 0 Å². The summed E-state index contributed by atoms with van der Waals surface area (Å²) in [5.74, 6) is 0. The van der Waals surface area contributed by atoms with Crippen LogP contribution in [0, 0.1) is 7.14 Å². The summed E-state index contributed by atoms with van der Waals surface area (Å²) in [6.07, 6.45) is 0. The Morgan fingerprint density at radius 3 is 1.67 bits per heavy atom. The molecule has 0 aliphatic carbocycles. The van der Waals surface area contributed by atoms with E-state index in [9.17, 15) is 0 Å². The minimum Gasteiger partial charge on any atom is -0.0602 e. The van der Waals surface area contributed by atoms with Crippen LogP contribution in [0.4, 0.5) is 0 Å². The molecular formula is C42H26IN2-. The minimum atomic E-state index is -0.252. The first kappa shape index (κ1) is 25.2. The van der Waals surface area contributed by atoms with Crippen molar-refractivity contribution in [2.45, 2.75) is 0 Å². The summed E-state index contributed by atoms with van der Waals surface area (Å²) < 4.78 is 7.93. The second-order valence-corrected chi connectivity index (χ2v) is 14.5. The van der Waals surface area contributed by atoms with Gasteiger partial charge < -0.3 is 0 Å². The molecule has 7 aromatic carbocycles. The van der Waals surface area contributed by atoms with Crippen molar-refractivity contribution in [1.82, 2.24) is 9.13 Å². The van der Waals surface area contributed by atoms with E-state index in [0.29, 0.717) is 0 Å². The number of para-hydroxylation sites is 3. The van der Waals surface area contributed by atoms with Gasteiger partial charge in [0.15, 0.2) is 0 Å². The molecule has 0 amide bonds. The molecule has 3 heterocycles. The van der Waals surface area contributed by atoms with E-state index in [0.717, 1.165) is 0 Å². The van der Waals surface area contributed by atoms with Gasteiger partial charge in [0, 0.05) is 5.69 Å². The fraction of sp³-hybridized carbons (Fsp3) is 0. The Hall–Kier alpha value is -5.13. The van der Waals surface area contributed by atoms with Gasteiger partial charge in [-0.3, -0.25) is 0 Å². The summed E-state index contributed by atoms with van der Waals surface area (Å²) in [7, 11) is 0. The van der Waals surface area contributed by atoms with Gasteiger partial charge in [0.2, 0.25) is 0 Å². The second-order valence-electron chi connectivity index (χ2n) is 11.7. The van der Waals surface area contributed by atoms with Crippen molar-refractivity contribution in [2.24, 2.45) is 0 Å². The number of aromatic nitrogens is 2. The first-order valence-corrected chi connectivity index (χ1v) is 17.5. The monoisotopic (exact) mass is 685 g/mol. The summed E-state index contributed by atoms with van der Waals surface area (Å²) in [5.41, 5.74) is 12.8. The van der Waals surface area contributed by atoms with Crippen LogP contribution in [0.1, 0.15) is 0 Å². The van der Waals surface area contributed by atoms with Crippen LogP contribution in [0.15, 0.2) is 158 Å². The zero-order valence-corrected chi connectivity index (χ0v) is 26.4. The quantitative estimate of drug-likeness (QED) is 0.169. The zero-order chi connectivity index (χ0) is 29.5. The number of rotatable bonds is 3. The molecule has 0 radical (unpaired) electrons. The summed E-state index contributed by atoms with van der Waals surface area (Å²) in [5, 5.41) is 5.14. The maximum Gasteiger partial charge on any atom is -0.0380 e. The van der Waals surface area contributed by atoms with Crippen LogP contribution >= 0.6 is 0 Å². The molecule has 0 unspecified atom stereocenters. The van der Waals surface area contributed by atoms with E-state index in [1.165, 1.54) is 84.4 Å². The molecule has 2 aromatic heterocycles. The van der Waals surface area contributed by atoms with Gasteiger partial charge in [0.05, 0.1) is 0 Å². The molecular weight excluding hydrogens is 659 g/mol. The fourth-order valence-electron chi connectivity index (χ4n) is 7.28. The van der Waals surface area contributed by atoms with Gasteiger partial charge in [0.1, 0.15) is 0 Å². The van der Waals surface area contributed by atoms with Crippen LogP contribution in [0.3, 0.4) is 0 Å². The molecule has 45 heavy (non-hydrogen) atoms. The van der Waals surface area contributed by atoms with Crippen molar-refractivity contribution in [1.29, 1.82) is 0 Å². The average Bonchev–Trinajstić information content (AvgIpc) is 3.76. The first-order chi connectivity index (χ1) is 22.3. The van der Waals surface area contributed by atoms with E-state index in [1.807, 2.05) is 0 Å². The SMILES string of the molecule is c1ccc(-n2c3ccccc3c3cc(-c4ccc5c(c4)c4ccccc4n5-c4cccc5c4[I-]c4ccccc4-5)ccc32)cc1. The van der Waals surface area contributed by atoms with E-state index in [2.05, 4.69) is 167 Å². The van der Waals surface area contributed by atoms with E-state index in [1.54, 1.807) is 0 Å². The van der Waals surface area contributed by atoms with E-state index < -0.39 is 0 Å².